The van der Waals surface area contributed by atoms with E-state index in [-0.39, 0.29) is 12.5 Å². The quantitative estimate of drug-likeness (QED) is 0.791. The summed E-state index contributed by atoms with van der Waals surface area (Å²) in [5.41, 5.74) is 2.18. The van der Waals surface area contributed by atoms with Crippen molar-refractivity contribution in [1.29, 1.82) is 5.26 Å². The fraction of sp³-hybridized carbons (Fsp3) is 0.571. The third-order valence-electron chi connectivity index (χ3n) is 3.21. The molecule has 6 heteroatoms. The van der Waals surface area contributed by atoms with Crippen LogP contribution in [0.1, 0.15) is 50.4 Å². The van der Waals surface area contributed by atoms with E-state index in [0.717, 1.165) is 17.7 Å². The van der Waals surface area contributed by atoms with E-state index in [9.17, 15) is 10.1 Å². The Morgan fingerprint density at radius 3 is 2.50 bits per heavy atom. The van der Waals surface area contributed by atoms with Gasteiger partial charge in [-0.15, -0.1) is 5.10 Å². The molecule has 1 atom stereocenters. The number of aromatic nitrogens is 2. The number of hydrogen-bond donors (Lipinski definition) is 2. The highest BCUT2D eigenvalue weighted by Crippen LogP contribution is 2.21. The lowest BCUT2D eigenvalue weighted by Gasteiger charge is -2.17. The number of hydrogen-bond acceptors (Lipinski definition) is 5. The average molecular weight is 276 g/mol. The minimum Gasteiger partial charge on any atom is -0.481 e. The molecule has 0 amide bonds. The lowest BCUT2D eigenvalue weighted by molar-refractivity contribution is -0.137. The second-order valence-corrected chi connectivity index (χ2v) is 4.52. The van der Waals surface area contributed by atoms with Crippen LogP contribution in [0.15, 0.2) is 0 Å². The minimum absolute atomic E-state index is 0.0139. The molecular weight excluding hydrogens is 256 g/mol. The molecule has 20 heavy (non-hydrogen) atoms. The summed E-state index contributed by atoms with van der Waals surface area (Å²) >= 11 is 0. The zero-order valence-electron chi connectivity index (χ0n) is 12.1. The molecule has 0 saturated heterocycles. The van der Waals surface area contributed by atoms with Crippen molar-refractivity contribution in [1.82, 2.24) is 10.2 Å². The number of nitrogens with one attached hydrogen (secondary N) is 1. The maximum Gasteiger partial charge on any atom is 0.305 e. The zero-order valence-corrected chi connectivity index (χ0v) is 12.1. The van der Waals surface area contributed by atoms with Gasteiger partial charge in [-0.1, -0.05) is 20.8 Å². The Kier molecular flexibility index (Phi) is 5.91. The lowest BCUT2D eigenvalue weighted by Crippen LogP contribution is -2.24. The molecule has 1 aromatic heterocycles. The van der Waals surface area contributed by atoms with Crippen molar-refractivity contribution in [2.24, 2.45) is 0 Å². The number of aliphatic carboxylic acids is 1. The Morgan fingerprint density at radius 2 is 2.05 bits per heavy atom. The van der Waals surface area contributed by atoms with Crippen molar-refractivity contribution in [2.45, 2.75) is 52.5 Å². The van der Waals surface area contributed by atoms with E-state index in [2.05, 4.69) is 21.6 Å². The van der Waals surface area contributed by atoms with Crippen LogP contribution in [0.3, 0.4) is 0 Å². The number of nitrogens with zero attached hydrogens (tertiary/aromatic N) is 3. The van der Waals surface area contributed by atoms with E-state index in [1.54, 1.807) is 0 Å². The molecule has 1 unspecified atom stereocenters. The zero-order chi connectivity index (χ0) is 15.1. The molecule has 1 rings (SSSR count). The molecule has 0 aromatic carbocycles. The summed E-state index contributed by atoms with van der Waals surface area (Å²) < 4.78 is 0. The van der Waals surface area contributed by atoms with Gasteiger partial charge in [0.1, 0.15) is 11.6 Å². The predicted molar refractivity (Wildman–Crippen MR) is 75.5 cm³/mol. The first-order valence-electron chi connectivity index (χ1n) is 6.84. The molecule has 1 aromatic rings. The predicted octanol–water partition coefficient (Wildman–Crippen LogP) is 2.14. The second-order valence-electron chi connectivity index (χ2n) is 4.52. The summed E-state index contributed by atoms with van der Waals surface area (Å²) in [6, 6.07) is 1.90. The highest BCUT2D eigenvalue weighted by Gasteiger charge is 2.18. The van der Waals surface area contributed by atoms with Gasteiger partial charge in [-0.25, -0.2) is 0 Å². The van der Waals surface area contributed by atoms with Crippen LogP contribution in [0.5, 0.6) is 0 Å². The van der Waals surface area contributed by atoms with Gasteiger partial charge in [-0.2, -0.15) is 10.4 Å². The van der Waals surface area contributed by atoms with E-state index in [1.807, 2.05) is 20.8 Å². The number of carboxylic acid groups (broad SMARTS) is 1. The van der Waals surface area contributed by atoms with Crippen molar-refractivity contribution in [3.8, 4) is 6.07 Å². The van der Waals surface area contributed by atoms with Gasteiger partial charge in [0.05, 0.1) is 12.1 Å². The molecule has 0 aliphatic rings. The Bertz CT molecular complexity index is 523. The monoisotopic (exact) mass is 276 g/mol. The molecule has 1 heterocycles. The SMILES string of the molecule is CCc1nnc(NC(CC)CC(=O)O)c(C#N)c1CC. The topological polar surface area (TPSA) is 98.9 Å². The highest BCUT2D eigenvalue weighted by molar-refractivity contribution is 5.68. The number of carbonyl (C=O) groups is 1. The lowest BCUT2D eigenvalue weighted by atomic mass is 10.0. The Morgan fingerprint density at radius 1 is 1.35 bits per heavy atom. The fourth-order valence-corrected chi connectivity index (χ4v) is 2.10. The summed E-state index contributed by atoms with van der Waals surface area (Å²) in [7, 11) is 0. The largest absolute Gasteiger partial charge is 0.481 e. The van der Waals surface area contributed by atoms with Crippen LogP contribution in [0.4, 0.5) is 5.82 Å². The third kappa shape index (κ3) is 3.67. The maximum atomic E-state index is 10.8. The van der Waals surface area contributed by atoms with Gasteiger partial charge in [0.2, 0.25) is 0 Å². The van der Waals surface area contributed by atoms with Gasteiger partial charge in [0, 0.05) is 6.04 Å². The molecule has 2 N–H and O–H groups in total. The average Bonchev–Trinajstić information content (AvgIpc) is 2.45. The van der Waals surface area contributed by atoms with Crippen LogP contribution in [-0.2, 0) is 17.6 Å². The molecule has 0 spiro atoms. The van der Waals surface area contributed by atoms with Crippen LogP contribution in [-0.4, -0.2) is 27.3 Å². The number of anilines is 1. The summed E-state index contributed by atoms with van der Waals surface area (Å²) in [5.74, 6) is -0.494. The minimum atomic E-state index is -0.878. The van der Waals surface area contributed by atoms with E-state index in [0.29, 0.717) is 24.2 Å². The molecular formula is C14H20N4O2. The van der Waals surface area contributed by atoms with Crippen LogP contribution in [0.2, 0.25) is 0 Å². The normalized spacial score (nSPS) is 11.7. The maximum absolute atomic E-state index is 10.8. The van der Waals surface area contributed by atoms with E-state index >= 15 is 0 Å². The van der Waals surface area contributed by atoms with Gasteiger partial charge in [-0.3, -0.25) is 4.79 Å². The van der Waals surface area contributed by atoms with Gasteiger partial charge >= 0.3 is 5.97 Å². The first-order valence-corrected chi connectivity index (χ1v) is 6.84. The summed E-state index contributed by atoms with van der Waals surface area (Å²) in [5, 5.41) is 29.4. The van der Waals surface area contributed by atoms with Gasteiger partial charge in [-0.05, 0) is 24.8 Å². The van der Waals surface area contributed by atoms with Gasteiger partial charge in [0.25, 0.3) is 0 Å². The van der Waals surface area contributed by atoms with E-state index in [4.69, 9.17) is 5.11 Å². The van der Waals surface area contributed by atoms with Crippen LogP contribution in [0, 0.1) is 11.3 Å². The molecule has 0 radical (unpaired) electrons. The van der Waals surface area contributed by atoms with Gasteiger partial charge < -0.3 is 10.4 Å². The van der Waals surface area contributed by atoms with Crippen LogP contribution in [0.25, 0.3) is 0 Å². The molecule has 0 saturated carbocycles. The molecule has 0 aliphatic carbocycles. The first-order chi connectivity index (χ1) is 9.57. The number of rotatable bonds is 7. The standard InChI is InChI=1S/C14H20N4O2/c1-4-9(7-13(19)20)16-14-11(8-15)10(5-2)12(6-3)17-18-14/h9H,4-7H2,1-3H3,(H,16,18)(H,19,20). The number of carboxylic acids is 1. The summed E-state index contributed by atoms with van der Waals surface area (Å²) in [4.78, 5) is 10.8. The molecule has 0 aliphatic heterocycles. The van der Waals surface area contributed by atoms with Crippen molar-refractivity contribution < 1.29 is 9.90 Å². The van der Waals surface area contributed by atoms with Crippen molar-refractivity contribution in [3.63, 3.8) is 0 Å². The highest BCUT2D eigenvalue weighted by atomic mass is 16.4. The summed E-state index contributed by atoms with van der Waals surface area (Å²) in [6.07, 6.45) is 2.04. The summed E-state index contributed by atoms with van der Waals surface area (Å²) in [6.45, 7) is 5.83. The molecule has 108 valence electrons. The van der Waals surface area contributed by atoms with Crippen molar-refractivity contribution in [2.75, 3.05) is 5.32 Å². The van der Waals surface area contributed by atoms with E-state index in [1.165, 1.54) is 0 Å². The van der Waals surface area contributed by atoms with E-state index < -0.39 is 5.97 Å². The van der Waals surface area contributed by atoms with Crippen molar-refractivity contribution >= 4 is 11.8 Å². The smallest absolute Gasteiger partial charge is 0.305 e. The molecule has 0 bridgehead atoms. The van der Waals surface area contributed by atoms with Crippen LogP contribution < -0.4 is 5.32 Å². The van der Waals surface area contributed by atoms with Gasteiger partial charge in [0.15, 0.2) is 5.82 Å². The van der Waals surface area contributed by atoms with Crippen LogP contribution >= 0.6 is 0 Å². The second kappa shape index (κ2) is 7.43. The third-order valence-corrected chi connectivity index (χ3v) is 3.21. The Labute approximate surface area is 118 Å². The molecule has 0 fully saturated rings. The first kappa shape index (κ1) is 15.9. The number of aryl methyl sites for hydroxylation is 1. The Balaban J connectivity index is 3.12. The molecule has 6 nitrogen and oxygen atoms in total. The Hall–Kier alpha value is -2.16. The van der Waals surface area contributed by atoms with Crippen molar-refractivity contribution in [3.05, 3.63) is 16.8 Å². The fourth-order valence-electron chi connectivity index (χ4n) is 2.10. The number of nitriles is 1.